The highest BCUT2D eigenvalue weighted by Crippen LogP contribution is 2.11. The lowest BCUT2D eigenvalue weighted by Crippen LogP contribution is -1.93. The Bertz CT molecular complexity index is 1370. The predicted molar refractivity (Wildman–Crippen MR) is 228 cm³/mol. The minimum Gasteiger partial charge on any atom is -0.264 e. The topological polar surface area (TPSA) is 25.8 Å². The maximum Gasteiger partial charge on any atom is 0.0794 e. The van der Waals surface area contributed by atoms with Gasteiger partial charge < -0.3 is 0 Å². The Morgan fingerprint density at radius 2 is 0.843 bits per heavy atom. The van der Waals surface area contributed by atoms with Crippen molar-refractivity contribution < 1.29 is 0 Å². The largest absolute Gasteiger partial charge is 0.264 e. The zero-order valence-corrected chi connectivity index (χ0v) is 35.0. The van der Waals surface area contributed by atoms with Gasteiger partial charge in [0.2, 0.25) is 0 Å². The molecule has 5 aromatic rings. The summed E-state index contributed by atoms with van der Waals surface area (Å²) in [5.41, 5.74) is 11.5. The highest BCUT2D eigenvalue weighted by atomic mass is 32.1. The summed E-state index contributed by atoms with van der Waals surface area (Å²) in [5.74, 6) is 3.74. The average Bonchev–Trinajstić information content (AvgIpc) is 3.57. The monoisotopic (exact) mass is 707 g/mol. The zero-order chi connectivity index (χ0) is 38.0. The normalized spacial score (nSPS) is 10.5. The highest BCUT2D eigenvalue weighted by Gasteiger charge is 1.99. The Labute approximate surface area is 318 Å². The third kappa shape index (κ3) is 26.0. The summed E-state index contributed by atoms with van der Waals surface area (Å²) in [7, 11) is 0. The van der Waals surface area contributed by atoms with Crippen LogP contribution in [0.3, 0.4) is 0 Å². The minimum absolute atomic E-state index is 0.726. The van der Waals surface area contributed by atoms with Gasteiger partial charge in [-0.3, -0.25) is 4.98 Å². The van der Waals surface area contributed by atoms with E-state index >= 15 is 0 Å². The Morgan fingerprint density at radius 1 is 0.451 bits per heavy atom. The van der Waals surface area contributed by atoms with Gasteiger partial charge in [-0.25, -0.2) is 4.98 Å². The fourth-order valence-corrected chi connectivity index (χ4v) is 5.79. The molecular weight excluding hydrogens is 637 g/mol. The molecule has 0 radical (unpaired) electrons. The van der Waals surface area contributed by atoms with Gasteiger partial charge in [-0.1, -0.05) is 165 Å². The molecule has 0 saturated carbocycles. The summed E-state index contributed by atoms with van der Waals surface area (Å²) < 4.78 is 0. The van der Waals surface area contributed by atoms with Gasteiger partial charge in [-0.2, -0.15) is 0 Å². The fourth-order valence-electron chi connectivity index (χ4n) is 5.22. The number of aromatic nitrogens is 2. The van der Waals surface area contributed by atoms with Crippen LogP contribution in [0.5, 0.6) is 0 Å². The number of nitrogens with zero attached hydrogens (tertiary/aromatic N) is 2. The van der Waals surface area contributed by atoms with Crippen molar-refractivity contribution in [2.45, 2.75) is 115 Å². The van der Waals surface area contributed by atoms with Crippen LogP contribution in [0.25, 0.3) is 0 Å². The lowest BCUT2D eigenvalue weighted by atomic mass is 10.0. The van der Waals surface area contributed by atoms with Crippen LogP contribution in [0.1, 0.15) is 108 Å². The van der Waals surface area contributed by atoms with Crippen molar-refractivity contribution in [1.29, 1.82) is 0 Å². The Kier molecular flexibility index (Phi) is 24.2. The SMILES string of the molecule is CC(C)Cc1ccccc1.CC(C)Cc1cccnc1.CC(C)Cc1cscn1.Cc1ccc(CC(C)C)cc1.Cc1ccc(CC(C)C)cc1. The van der Waals surface area contributed by atoms with E-state index in [1.165, 1.54) is 58.3 Å². The summed E-state index contributed by atoms with van der Waals surface area (Å²) in [6.45, 7) is 26.6. The number of thiazole rings is 1. The van der Waals surface area contributed by atoms with Crippen LogP contribution >= 0.6 is 11.3 Å². The third-order valence-corrected chi connectivity index (χ3v) is 8.12. The number of hydrogen-bond donors (Lipinski definition) is 0. The molecule has 0 N–H and O–H groups in total. The number of rotatable bonds is 10. The van der Waals surface area contributed by atoms with Crippen molar-refractivity contribution in [3.63, 3.8) is 0 Å². The molecule has 0 unspecified atom stereocenters. The Hall–Kier alpha value is -3.56. The molecule has 5 rings (SSSR count). The smallest absolute Gasteiger partial charge is 0.0794 e. The number of pyridine rings is 1. The molecular formula is C48H70N2S. The maximum absolute atomic E-state index is 4.17. The molecule has 0 aliphatic rings. The van der Waals surface area contributed by atoms with E-state index < -0.39 is 0 Å². The molecule has 3 aromatic carbocycles. The lowest BCUT2D eigenvalue weighted by molar-refractivity contribution is 0.638. The van der Waals surface area contributed by atoms with Crippen molar-refractivity contribution in [1.82, 2.24) is 9.97 Å². The molecule has 0 aliphatic heterocycles. The second-order valence-corrected chi connectivity index (χ2v) is 16.5. The van der Waals surface area contributed by atoms with Gasteiger partial charge in [0.1, 0.15) is 0 Å². The van der Waals surface area contributed by atoms with Gasteiger partial charge in [0.15, 0.2) is 0 Å². The van der Waals surface area contributed by atoms with E-state index in [4.69, 9.17) is 0 Å². The molecule has 51 heavy (non-hydrogen) atoms. The van der Waals surface area contributed by atoms with Crippen LogP contribution in [0.2, 0.25) is 0 Å². The predicted octanol–water partition coefficient (Wildman–Crippen LogP) is 13.9. The summed E-state index contributed by atoms with van der Waals surface area (Å²) in [4.78, 5) is 8.21. The number of aryl methyl sites for hydroxylation is 2. The van der Waals surface area contributed by atoms with Crippen LogP contribution in [0, 0.1) is 43.4 Å². The quantitative estimate of drug-likeness (QED) is 0.144. The molecule has 0 bridgehead atoms. The summed E-state index contributed by atoms with van der Waals surface area (Å²) >= 11 is 1.67. The number of benzene rings is 3. The Balaban J connectivity index is 0.000000319. The second-order valence-electron chi connectivity index (χ2n) is 15.8. The third-order valence-electron chi connectivity index (χ3n) is 7.48. The van der Waals surface area contributed by atoms with Crippen LogP contribution in [0.15, 0.2) is 114 Å². The van der Waals surface area contributed by atoms with E-state index in [1.807, 2.05) is 24.0 Å². The molecule has 2 heterocycles. The molecule has 0 saturated heterocycles. The molecule has 278 valence electrons. The van der Waals surface area contributed by atoms with Crippen molar-refractivity contribution >= 4 is 11.3 Å². The molecule has 0 aliphatic carbocycles. The van der Waals surface area contributed by atoms with E-state index in [0.29, 0.717) is 0 Å². The van der Waals surface area contributed by atoms with Crippen LogP contribution in [-0.2, 0) is 32.1 Å². The van der Waals surface area contributed by atoms with Gasteiger partial charge in [-0.05, 0) is 104 Å². The molecule has 2 nitrogen and oxygen atoms in total. The number of hydrogen-bond acceptors (Lipinski definition) is 3. The standard InChI is InChI=1S/2C11H16.C10H14.C9H13N.C7H11NS/c2*1-9(2)8-11-6-4-10(3)5-7-11;1-9(2)8-10-6-4-3-5-7-10;1-8(2)6-9-4-3-5-10-7-9;1-6(2)3-7-4-9-5-8-7/h2*4-7,9H,8H2,1-3H3;3-7,9H,8H2,1-2H3;3-5,7-8H,6H2,1-2H3;4-6H,3H2,1-2H3. The van der Waals surface area contributed by atoms with Gasteiger partial charge >= 0.3 is 0 Å². The first-order chi connectivity index (χ1) is 24.2. The molecule has 0 spiro atoms. The van der Waals surface area contributed by atoms with Crippen LogP contribution in [0.4, 0.5) is 0 Å². The Morgan fingerprint density at radius 3 is 1.20 bits per heavy atom. The molecule has 2 aromatic heterocycles. The second kappa shape index (κ2) is 27.1. The summed E-state index contributed by atoms with van der Waals surface area (Å²) in [6.07, 6.45) is 9.57. The van der Waals surface area contributed by atoms with E-state index in [0.717, 1.165) is 42.4 Å². The first-order valence-corrected chi connectivity index (χ1v) is 20.1. The van der Waals surface area contributed by atoms with Gasteiger partial charge in [0.25, 0.3) is 0 Å². The maximum atomic E-state index is 4.17. The van der Waals surface area contributed by atoms with Crippen molar-refractivity contribution in [2.24, 2.45) is 29.6 Å². The molecule has 3 heteroatoms. The molecule has 0 fully saturated rings. The minimum atomic E-state index is 0.726. The summed E-state index contributed by atoms with van der Waals surface area (Å²) in [6, 6.07) is 32.3. The van der Waals surface area contributed by atoms with E-state index in [1.54, 1.807) is 11.3 Å². The lowest BCUT2D eigenvalue weighted by Gasteiger charge is -2.04. The molecule has 0 atom stereocenters. The van der Waals surface area contributed by atoms with Gasteiger partial charge in [0.05, 0.1) is 11.2 Å². The highest BCUT2D eigenvalue weighted by molar-refractivity contribution is 7.07. The van der Waals surface area contributed by atoms with E-state index in [-0.39, 0.29) is 0 Å². The van der Waals surface area contributed by atoms with Gasteiger partial charge in [-0.15, -0.1) is 11.3 Å². The van der Waals surface area contributed by atoms with Crippen molar-refractivity contribution in [2.75, 3.05) is 0 Å². The molecule has 0 amide bonds. The van der Waals surface area contributed by atoms with Crippen LogP contribution in [-0.4, -0.2) is 9.97 Å². The van der Waals surface area contributed by atoms with Crippen LogP contribution < -0.4 is 0 Å². The van der Waals surface area contributed by atoms with Crippen molar-refractivity contribution in [3.05, 3.63) is 153 Å². The zero-order valence-electron chi connectivity index (χ0n) is 34.2. The first-order valence-electron chi connectivity index (χ1n) is 19.1. The average molecular weight is 707 g/mol. The fraction of sp³-hybridized carbons (Fsp3) is 0.458. The van der Waals surface area contributed by atoms with E-state index in [9.17, 15) is 0 Å². The van der Waals surface area contributed by atoms with E-state index in [2.05, 4.69) is 183 Å². The van der Waals surface area contributed by atoms with Crippen molar-refractivity contribution in [3.8, 4) is 0 Å². The first kappa shape index (κ1) is 45.5. The van der Waals surface area contributed by atoms with Gasteiger partial charge in [0, 0.05) is 17.8 Å². The summed E-state index contributed by atoms with van der Waals surface area (Å²) in [5, 5.41) is 2.11.